The van der Waals surface area contributed by atoms with E-state index >= 15 is 0 Å². The Kier molecular flexibility index (Phi) is 4.81. The van der Waals surface area contributed by atoms with Crippen LogP contribution in [0.25, 0.3) is 0 Å². The molecule has 0 saturated carbocycles. The molecule has 0 bridgehead atoms. The fourth-order valence-corrected chi connectivity index (χ4v) is 2.09. The first-order valence-corrected chi connectivity index (χ1v) is 6.73. The number of nitrogens with one attached hydrogen (secondary N) is 1. The predicted octanol–water partition coefficient (Wildman–Crippen LogP) is 3.12. The number of benzene rings is 2. The summed E-state index contributed by atoms with van der Waals surface area (Å²) in [5, 5.41) is 22.1. The Labute approximate surface area is 124 Å². The van der Waals surface area contributed by atoms with Crippen LogP contribution < -0.4 is 10.1 Å². The monoisotopic (exact) mass is 282 g/mol. The lowest BCUT2D eigenvalue weighted by atomic mass is 10.1. The van der Waals surface area contributed by atoms with Gasteiger partial charge in [0.1, 0.15) is 11.5 Å². The van der Waals surface area contributed by atoms with E-state index in [9.17, 15) is 5.11 Å². The van der Waals surface area contributed by atoms with Gasteiger partial charge in [0.2, 0.25) is 0 Å². The molecule has 108 valence electrons. The van der Waals surface area contributed by atoms with Gasteiger partial charge in [0.05, 0.1) is 18.7 Å². The van der Waals surface area contributed by atoms with Crippen molar-refractivity contribution in [2.75, 3.05) is 7.11 Å². The lowest BCUT2D eigenvalue weighted by molar-refractivity contribution is 0.404. The van der Waals surface area contributed by atoms with Gasteiger partial charge in [-0.3, -0.25) is 0 Å². The molecule has 0 aliphatic carbocycles. The summed E-state index contributed by atoms with van der Waals surface area (Å²) in [4.78, 5) is 0. The number of phenols is 1. The number of hydrogen-bond donors (Lipinski definition) is 2. The van der Waals surface area contributed by atoms with Crippen molar-refractivity contribution in [3.63, 3.8) is 0 Å². The number of rotatable bonds is 5. The Morgan fingerprint density at radius 1 is 1.24 bits per heavy atom. The number of phenolic OH excluding ortho intramolecular Hbond substituents is 1. The van der Waals surface area contributed by atoms with E-state index in [-0.39, 0.29) is 11.8 Å². The summed E-state index contributed by atoms with van der Waals surface area (Å²) in [6, 6.07) is 14.8. The molecule has 0 saturated heterocycles. The fraction of sp³-hybridized carbons (Fsp3) is 0.235. The number of methoxy groups -OCH3 is 1. The summed E-state index contributed by atoms with van der Waals surface area (Å²) in [6.07, 6.45) is 0. The van der Waals surface area contributed by atoms with Gasteiger partial charge in [-0.05, 0) is 30.7 Å². The molecule has 1 atom stereocenters. The minimum atomic E-state index is 0.00606. The van der Waals surface area contributed by atoms with Crippen molar-refractivity contribution in [1.29, 1.82) is 5.26 Å². The minimum Gasteiger partial charge on any atom is -0.507 e. The lowest BCUT2D eigenvalue weighted by Gasteiger charge is -2.16. The topological polar surface area (TPSA) is 65.3 Å². The second kappa shape index (κ2) is 6.78. The number of hydrogen-bond acceptors (Lipinski definition) is 4. The van der Waals surface area contributed by atoms with Gasteiger partial charge >= 0.3 is 0 Å². The first kappa shape index (κ1) is 14.9. The van der Waals surface area contributed by atoms with Gasteiger partial charge in [-0.15, -0.1) is 0 Å². The molecule has 1 unspecified atom stereocenters. The molecule has 2 aromatic carbocycles. The zero-order valence-electron chi connectivity index (χ0n) is 12.1. The van der Waals surface area contributed by atoms with Gasteiger partial charge in [-0.2, -0.15) is 5.26 Å². The number of aromatic hydroxyl groups is 1. The maximum Gasteiger partial charge on any atom is 0.124 e. The molecule has 0 heterocycles. The first-order valence-electron chi connectivity index (χ1n) is 6.73. The van der Waals surface area contributed by atoms with Crippen molar-refractivity contribution in [1.82, 2.24) is 5.32 Å². The molecule has 2 rings (SSSR count). The smallest absolute Gasteiger partial charge is 0.124 e. The van der Waals surface area contributed by atoms with Gasteiger partial charge in [-0.1, -0.05) is 18.2 Å². The zero-order chi connectivity index (χ0) is 15.2. The van der Waals surface area contributed by atoms with Crippen LogP contribution >= 0.6 is 0 Å². The van der Waals surface area contributed by atoms with E-state index in [1.54, 1.807) is 25.3 Å². The number of nitrogens with zero attached hydrogens (tertiary/aromatic N) is 1. The molecule has 0 spiro atoms. The second-order valence-corrected chi connectivity index (χ2v) is 4.84. The van der Waals surface area contributed by atoms with Crippen LogP contribution in [0.5, 0.6) is 11.5 Å². The Bertz CT molecular complexity index is 645. The molecular formula is C17H18N2O2. The van der Waals surface area contributed by atoms with E-state index < -0.39 is 0 Å². The Morgan fingerprint density at radius 3 is 2.52 bits per heavy atom. The number of nitriles is 1. The van der Waals surface area contributed by atoms with Crippen molar-refractivity contribution in [3.8, 4) is 17.6 Å². The SMILES string of the molecule is COc1ccc(C(C)NCc2ccc(C#N)cc2)c(O)c1. The van der Waals surface area contributed by atoms with E-state index in [0.29, 0.717) is 17.9 Å². The van der Waals surface area contributed by atoms with Crippen molar-refractivity contribution in [2.45, 2.75) is 19.5 Å². The summed E-state index contributed by atoms with van der Waals surface area (Å²) in [5.74, 6) is 0.852. The van der Waals surface area contributed by atoms with Crippen LogP contribution in [0, 0.1) is 11.3 Å². The highest BCUT2D eigenvalue weighted by molar-refractivity contribution is 5.41. The Morgan fingerprint density at radius 2 is 1.95 bits per heavy atom. The van der Waals surface area contributed by atoms with Gasteiger partial charge in [0.25, 0.3) is 0 Å². The molecule has 0 aliphatic heterocycles. The van der Waals surface area contributed by atoms with Crippen LogP contribution in [0.2, 0.25) is 0 Å². The Hall–Kier alpha value is -2.51. The third-order valence-corrected chi connectivity index (χ3v) is 3.40. The third kappa shape index (κ3) is 3.74. The summed E-state index contributed by atoms with van der Waals surface area (Å²) >= 11 is 0. The van der Waals surface area contributed by atoms with Gasteiger partial charge in [-0.25, -0.2) is 0 Å². The van der Waals surface area contributed by atoms with Crippen molar-refractivity contribution in [2.24, 2.45) is 0 Å². The standard InChI is InChI=1S/C17H18N2O2/c1-12(16-8-7-15(21-2)9-17(16)20)19-11-14-5-3-13(10-18)4-6-14/h3-9,12,19-20H,11H2,1-2H3. The van der Waals surface area contributed by atoms with Crippen LogP contribution in [0.3, 0.4) is 0 Å². The van der Waals surface area contributed by atoms with E-state index in [0.717, 1.165) is 11.1 Å². The molecular weight excluding hydrogens is 264 g/mol. The highest BCUT2D eigenvalue weighted by atomic mass is 16.5. The maximum absolute atomic E-state index is 10.0. The van der Waals surface area contributed by atoms with Gasteiger partial charge in [0, 0.05) is 24.2 Å². The largest absolute Gasteiger partial charge is 0.507 e. The molecule has 0 fully saturated rings. The minimum absolute atomic E-state index is 0.00606. The summed E-state index contributed by atoms with van der Waals surface area (Å²) < 4.78 is 5.07. The zero-order valence-corrected chi connectivity index (χ0v) is 12.1. The summed E-state index contributed by atoms with van der Waals surface area (Å²) in [7, 11) is 1.57. The molecule has 2 N–H and O–H groups in total. The molecule has 2 aromatic rings. The maximum atomic E-state index is 10.0. The summed E-state index contributed by atoms with van der Waals surface area (Å²) in [5.41, 5.74) is 2.57. The van der Waals surface area contributed by atoms with E-state index in [2.05, 4.69) is 11.4 Å². The highest BCUT2D eigenvalue weighted by Crippen LogP contribution is 2.28. The molecule has 0 aromatic heterocycles. The Balaban J connectivity index is 2.01. The molecule has 0 radical (unpaired) electrons. The fourth-order valence-electron chi connectivity index (χ4n) is 2.09. The van der Waals surface area contributed by atoms with E-state index in [4.69, 9.17) is 10.00 Å². The van der Waals surface area contributed by atoms with E-state index in [1.807, 2.05) is 31.2 Å². The van der Waals surface area contributed by atoms with Crippen molar-refractivity contribution in [3.05, 3.63) is 59.2 Å². The van der Waals surface area contributed by atoms with Gasteiger partial charge in [0.15, 0.2) is 0 Å². The van der Waals surface area contributed by atoms with E-state index in [1.165, 1.54) is 0 Å². The van der Waals surface area contributed by atoms with Gasteiger partial charge < -0.3 is 15.2 Å². The van der Waals surface area contributed by atoms with Crippen LogP contribution in [0.15, 0.2) is 42.5 Å². The van der Waals surface area contributed by atoms with Crippen molar-refractivity contribution < 1.29 is 9.84 Å². The average Bonchev–Trinajstić information content (AvgIpc) is 2.52. The third-order valence-electron chi connectivity index (χ3n) is 3.40. The summed E-state index contributed by atoms with van der Waals surface area (Å²) in [6.45, 7) is 2.66. The molecule has 0 amide bonds. The normalized spacial score (nSPS) is 11.7. The molecule has 4 nitrogen and oxygen atoms in total. The second-order valence-electron chi connectivity index (χ2n) is 4.84. The molecule has 0 aliphatic rings. The predicted molar refractivity (Wildman–Crippen MR) is 81.1 cm³/mol. The first-order chi connectivity index (χ1) is 10.1. The van der Waals surface area contributed by atoms with Crippen LogP contribution in [0.1, 0.15) is 29.7 Å². The average molecular weight is 282 g/mol. The van der Waals surface area contributed by atoms with Crippen LogP contribution in [0.4, 0.5) is 0 Å². The number of ether oxygens (including phenoxy) is 1. The van der Waals surface area contributed by atoms with Crippen LogP contribution in [-0.4, -0.2) is 12.2 Å². The highest BCUT2D eigenvalue weighted by Gasteiger charge is 2.10. The lowest BCUT2D eigenvalue weighted by Crippen LogP contribution is -2.18. The van der Waals surface area contributed by atoms with Crippen LogP contribution in [-0.2, 0) is 6.54 Å². The van der Waals surface area contributed by atoms with Crippen molar-refractivity contribution >= 4 is 0 Å². The quantitative estimate of drug-likeness (QED) is 0.884. The molecule has 21 heavy (non-hydrogen) atoms. The molecule has 4 heteroatoms.